The molecule has 0 unspecified atom stereocenters. The van der Waals surface area contributed by atoms with Gasteiger partial charge in [-0.3, -0.25) is 9.59 Å². The van der Waals surface area contributed by atoms with E-state index >= 15 is 0 Å². The van der Waals surface area contributed by atoms with Crippen LogP contribution in [-0.2, 0) is 14.3 Å². The molecule has 1 saturated carbocycles. The van der Waals surface area contributed by atoms with Gasteiger partial charge in [0, 0.05) is 12.0 Å². The first kappa shape index (κ1) is 16.3. The minimum atomic E-state index is -1.27. The van der Waals surface area contributed by atoms with Gasteiger partial charge in [-0.25, -0.2) is 0 Å². The Morgan fingerprint density at radius 2 is 2.09 bits per heavy atom. The first-order valence-corrected chi connectivity index (χ1v) is 8.29. The van der Waals surface area contributed by atoms with Crippen molar-refractivity contribution >= 4 is 40.8 Å². The average molecular weight is 355 g/mol. The Morgan fingerprint density at radius 3 is 2.65 bits per heavy atom. The van der Waals surface area contributed by atoms with E-state index in [1.54, 1.807) is 6.92 Å². The smallest absolute Gasteiger partial charge is 0.279 e. The van der Waals surface area contributed by atoms with Crippen molar-refractivity contribution in [1.29, 1.82) is 0 Å². The number of benzene rings is 1. The van der Waals surface area contributed by atoms with Crippen LogP contribution in [0.25, 0.3) is 0 Å². The molecule has 0 spiro atoms. The Morgan fingerprint density at radius 1 is 1.39 bits per heavy atom. The number of hydrazone groups is 1. The van der Waals surface area contributed by atoms with Crippen LogP contribution in [0.5, 0.6) is 0 Å². The summed E-state index contributed by atoms with van der Waals surface area (Å²) in [5.74, 6) is -0.685. The third-order valence-electron chi connectivity index (χ3n) is 4.28. The van der Waals surface area contributed by atoms with Crippen LogP contribution in [0.1, 0.15) is 31.7 Å². The summed E-state index contributed by atoms with van der Waals surface area (Å²) in [4.78, 5) is 23.3. The number of alkyl halides is 2. The monoisotopic (exact) mass is 354 g/mol. The van der Waals surface area contributed by atoms with Crippen molar-refractivity contribution in [3.8, 4) is 0 Å². The minimum absolute atomic E-state index is 0.0653. The number of rotatable bonds is 3. The first-order valence-electron chi connectivity index (χ1n) is 7.41. The fourth-order valence-corrected chi connectivity index (χ4v) is 3.29. The molecule has 0 N–H and O–H groups in total. The lowest BCUT2D eigenvalue weighted by molar-refractivity contribution is -0.157. The summed E-state index contributed by atoms with van der Waals surface area (Å²) >= 11 is 11.5. The molecule has 0 bridgehead atoms. The fraction of sp³-hybridized carbons (Fsp3) is 0.438. The van der Waals surface area contributed by atoms with Gasteiger partial charge in [0.25, 0.3) is 5.91 Å². The maximum absolute atomic E-state index is 12.4. The Kier molecular flexibility index (Phi) is 4.34. The predicted molar refractivity (Wildman–Crippen MR) is 87.2 cm³/mol. The molecule has 1 aromatic carbocycles. The van der Waals surface area contributed by atoms with Crippen molar-refractivity contribution in [1.82, 2.24) is 5.01 Å². The van der Waals surface area contributed by atoms with Crippen LogP contribution in [0.15, 0.2) is 35.4 Å². The number of ketones is 1. The summed E-state index contributed by atoms with van der Waals surface area (Å²) in [6, 6.07) is 9.20. The van der Waals surface area contributed by atoms with Crippen LogP contribution >= 0.6 is 23.2 Å². The summed E-state index contributed by atoms with van der Waals surface area (Å²) in [6.45, 7) is 1.69. The second kappa shape index (κ2) is 6.13. The molecule has 1 heterocycles. The highest BCUT2D eigenvalue weighted by Gasteiger charge is 2.54. The summed E-state index contributed by atoms with van der Waals surface area (Å²) in [5, 5.41) is 5.40. The Labute approximate surface area is 144 Å². The van der Waals surface area contributed by atoms with E-state index in [0.717, 1.165) is 17.0 Å². The van der Waals surface area contributed by atoms with Gasteiger partial charge >= 0.3 is 0 Å². The van der Waals surface area contributed by atoms with E-state index < -0.39 is 22.4 Å². The van der Waals surface area contributed by atoms with Crippen LogP contribution in [-0.4, -0.2) is 33.2 Å². The first-order chi connectivity index (χ1) is 10.9. The van der Waals surface area contributed by atoms with Crippen LogP contribution in [0.2, 0.25) is 0 Å². The number of carbonyl (C=O) groups is 2. The normalized spacial score (nSPS) is 27.3. The van der Waals surface area contributed by atoms with Gasteiger partial charge in [-0.2, -0.15) is 5.01 Å². The molecule has 0 aromatic heterocycles. The molecule has 122 valence electrons. The standard InChI is InChI=1S/C16H16Cl2N2O3/c1-16(11-8-5-9-12(11)21)20(15(22)13(17)18)19-14(23-16)10-6-3-2-4-7-10/h2-4,6-7,11,13H,5,8-9H2,1H3/t11-,16+/m1/s1. The number of carbonyl (C=O) groups excluding carboxylic acids is 2. The number of ether oxygens (including phenoxy) is 1. The number of hydrogen-bond acceptors (Lipinski definition) is 4. The number of halogens is 2. The van der Waals surface area contributed by atoms with E-state index in [4.69, 9.17) is 27.9 Å². The molecule has 2 aliphatic rings. The molecule has 0 radical (unpaired) electrons. The van der Waals surface area contributed by atoms with Gasteiger partial charge in [0.2, 0.25) is 11.6 Å². The van der Waals surface area contributed by atoms with Crippen molar-refractivity contribution in [3.05, 3.63) is 35.9 Å². The van der Waals surface area contributed by atoms with Gasteiger partial charge in [-0.1, -0.05) is 41.4 Å². The average Bonchev–Trinajstić information content (AvgIpc) is 3.12. The zero-order valence-electron chi connectivity index (χ0n) is 12.5. The lowest BCUT2D eigenvalue weighted by Gasteiger charge is -2.35. The van der Waals surface area contributed by atoms with Gasteiger partial charge in [0.05, 0.1) is 5.92 Å². The van der Waals surface area contributed by atoms with Crippen LogP contribution in [0.3, 0.4) is 0 Å². The highest BCUT2D eigenvalue weighted by Crippen LogP contribution is 2.41. The molecule has 1 aliphatic heterocycles. The Bertz CT molecular complexity index is 663. The molecule has 0 saturated heterocycles. The van der Waals surface area contributed by atoms with Crippen molar-refractivity contribution in [3.63, 3.8) is 0 Å². The third-order valence-corrected chi connectivity index (χ3v) is 4.66. The number of hydrogen-bond donors (Lipinski definition) is 0. The quantitative estimate of drug-likeness (QED) is 0.783. The van der Waals surface area contributed by atoms with Crippen molar-refractivity contribution in [2.24, 2.45) is 11.0 Å². The molecular formula is C16H16Cl2N2O3. The van der Waals surface area contributed by atoms with Crippen molar-refractivity contribution < 1.29 is 14.3 Å². The lowest BCUT2D eigenvalue weighted by Crippen LogP contribution is -2.53. The van der Waals surface area contributed by atoms with Crippen LogP contribution < -0.4 is 0 Å². The van der Waals surface area contributed by atoms with Gasteiger partial charge < -0.3 is 4.74 Å². The summed E-state index contributed by atoms with van der Waals surface area (Å²) in [6.07, 6.45) is 1.90. The number of Topliss-reactive ketones (excluding diaryl/α,β-unsaturated/α-hetero) is 1. The number of amides is 1. The fourth-order valence-electron chi connectivity index (χ4n) is 3.11. The summed E-state index contributed by atoms with van der Waals surface area (Å²) < 4.78 is 5.99. The zero-order valence-corrected chi connectivity index (χ0v) is 14.0. The molecule has 7 heteroatoms. The van der Waals surface area contributed by atoms with E-state index in [-0.39, 0.29) is 11.7 Å². The Hall–Kier alpha value is -1.59. The largest absolute Gasteiger partial charge is 0.447 e. The minimum Gasteiger partial charge on any atom is -0.447 e. The second-order valence-electron chi connectivity index (χ2n) is 5.79. The van der Waals surface area contributed by atoms with E-state index in [9.17, 15) is 9.59 Å². The molecule has 2 atom stereocenters. The SMILES string of the molecule is C[C@@]1([C@@H]2CCCC2=O)OC(c2ccccc2)=NN1C(=O)C(Cl)Cl. The molecule has 1 fully saturated rings. The summed E-state index contributed by atoms with van der Waals surface area (Å²) in [5.41, 5.74) is -0.474. The molecule has 5 nitrogen and oxygen atoms in total. The van der Waals surface area contributed by atoms with E-state index in [1.807, 2.05) is 30.3 Å². The molecule has 1 aliphatic carbocycles. The van der Waals surface area contributed by atoms with Gasteiger partial charge in [0.15, 0.2) is 4.84 Å². The maximum Gasteiger partial charge on any atom is 0.279 e. The summed E-state index contributed by atoms with van der Waals surface area (Å²) in [7, 11) is 0. The Balaban J connectivity index is 1.99. The van der Waals surface area contributed by atoms with Crippen LogP contribution in [0.4, 0.5) is 0 Å². The molecule has 1 aromatic rings. The highest BCUT2D eigenvalue weighted by molar-refractivity contribution is 6.53. The van der Waals surface area contributed by atoms with Crippen molar-refractivity contribution in [2.75, 3.05) is 0 Å². The molecule has 23 heavy (non-hydrogen) atoms. The molecule has 3 rings (SSSR count). The highest BCUT2D eigenvalue weighted by atomic mass is 35.5. The number of nitrogens with zero attached hydrogens (tertiary/aromatic N) is 2. The topological polar surface area (TPSA) is 59.0 Å². The third kappa shape index (κ3) is 2.83. The van der Waals surface area contributed by atoms with E-state index in [0.29, 0.717) is 12.8 Å². The van der Waals surface area contributed by atoms with Gasteiger partial charge in [-0.05, 0) is 31.9 Å². The second-order valence-corrected chi connectivity index (χ2v) is 6.89. The zero-order chi connectivity index (χ0) is 16.6. The maximum atomic E-state index is 12.4. The van der Waals surface area contributed by atoms with Gasteiger partial charge in [0.1, 0.15) is 5.78 Å². The van der Waals surface area contributed by atoms with Gasteiger partial charge in [-0.15, -0.1) is 5.10 Å². The lowest BCUT2D eigenvalue weighted by atomic mass is 9.93. The van der Waals surface area contributed by atoms with Crippen LogP contribution in [0, 0.1) is 5.92 Å². The van der Waals surface area contributed by atoms with E-state index in [2.05, 4.69) is 5.10 Å². The molecule has 1 amide bonds. The van der Waals surface area contributed by atoms with E-state index in [1.165, 1.54) is 0 Å². The predicted octanol–water partition coefficient (Wildman–Crippen LogP) is 3.10. The van der Waals surface area contributed by atoms with Crippen molar-refractivity contribution in [2.45, 2.75) is 36.7 Å². The molecular weight excluding hydrogens is 339 g/mol.